The Morgan fingerprint density at radius 3 is 1.96 bits per heavy atom. The van der Waals surface area contributed by atoms with E-state index < -0.39 is 10.1 Å². The third-order valence-electron chi connectivity index (χ3n) is 3.94. The van der Waals surface area contributed by atoms with Crippen molar-refractivity contribution in [3.05, 3.63) is 29.3 Å². The summed E-state index contributed by atoms with van der Waals surface area (Å²) >= 11 is 0. The minimum Gasteiger partial charge on any atom is -0.744 e. The molecule has 0 amide bonds. The van der Waals surface area contributed by atoms with Crippen LogP contribution in [0.4, 0.5) is 0 Å². The van der Waals surface area contributed by atoms with E-state index in [0.29, 0.717) is 18.3 Å². The fourth-order valence-electron chi connectivity index (χ4n) is 2.75. The Hall–Kier alpha value is 0.130. The van der Waals surface area contributed by atoms with Gasteiger partial charge in [0.2, 0.25) is 0 Å². The summed E-state index contributed by atoms with van der Waals surface area (Å²) in [6, 6.07) is 5.13. The molecule has 0 aliphatic rings. The first-order chi connectivity index (χ1) is 10.2. The van der Waals surface area contributed by atoms with Gasteiger partial charge in [-0.1, -0.05) is 52.7 Å². The monoisotopic (exact) mass is 348 g/mol. The van der Waals surface area contributed by atoms with Gasteiger partial charge >= 0.3 is 29.6 Å². The van der Waals surface area contributed by atoms with E-state index in [2.05, 4.69) is 27.7 Å². The summed E-state index contributed by atoms with van der Waals surface area (Å²) in [6.45, 7) is 8.67. The van der Waals surface area contributed by atoms with E-state index in [9.17, 15) is 13.0 Å². The first kappa shape index (κ1) is 23.1. The number of hydrogen-bond acceptors (Lipinski definition) is 3. The van der Waals surface area contributed by atoms with E-state index in [1.165, 1.54) is 6.07 Å². The van der Waals surface area contributed by atoms with Crippen LogP contribution in [0.2, 0.25) is 0 Å². The molecule has 1 rings (SSSR count). The molecule has 0 aromatic heterocycles. The zero-order valence-corrected chi connectivity index (χ0v) is 18.1. The van der Waals surface area contributed by atoms with Crippen LogP contribution in [0.1, 0.15) is 64.5 Å². The van der Waals surface area contributed by atoms with Gasteiger partial charge in [0.15, 0.2) is 0 Å². The van der Waals surface area contributed by atoms with Crippen molar-refractivity contribution in [2.75, 3.05) is 0 Å². The van der Waals surface area contributed by atoms with Crippen LogP contribution in [-0.2, 0) is 23.0 Å². The van der Waals surface area contributed by atoms with E-state index in [1.54, 1.807) is 6.07 Å². The van der Waals surface area contributed by atoms with Crippen molar-refractivity contribution < 1.29 is 42.5 Å². The number of aryl methyl sites for hydroxylation is 1. The van der Waals surface area contributed by atoms with Crippen LogP contribution in [-0.4, -0.2) is 13.0 Å². The van der Waals surface area contributed by atoms with Gasteiger partial charge in [0.05, 0.1) is 4.90 Å². The Morgan fingerprint density at radius 1 is 0.957 bits per heavy atom. The fraction of sp³-hybridized carbons (Fsp3) is 0.667. The first-order valence-corrected chi connectivity index (χ1v) is 9.69. The molecule has 0 fully saturated rings. The van der Waals surface area contributed by atoms with E-state index in [1.807, 2.05) is 6.07 Å². The molecule has 3 nitrogen and oxygen atoms in total. The minimum atomic E-state index is -4.40. The molecule has 0 saturated heterocycles. The second kappa shape index (κ2) is 10.9. The Kier molecular flexibility index (Phi) is 10.9. The summed E-state index contributed by atoms with van der Waals surface area (Å²) in [7, 11) is -4.40. The molecule has 0 aliphatic carbocycles. The molecule has 0 saturated carbocycles. The Labute approximate surface area is 164 Å². The molecule has 0 spiro atoms. The summed E-state index contributed by atoms with van der Waals surface area (Å²) in [5.74, 6) is 1.22. The third-order valence-corrected chi connectivity index (χ3v) is 4.86. The Bertz CT molecular complexity index is 566. The van der Waals surface area contributed by atoms with Crippen molar-refractivity contribution in [2.24, 2.45) is 11.8 Å². The number of benzene rings is 1. The zero-order chi connectivity index (χ0) is 16.8. The SMILES string of the molecule is CC(C)CCCc1cccc(S(=O)(=O)[O-])c1CCCC(C)C.[Na+]. The molecule has 0 bridgehead atoms. The van der Waals surface area contributed by atoms with Crippen molar-refractivity contribution in [1.82, 2.24) is 0 Å². The van der Waals surface area contributed by atoms with E-state index in [-0.39, 0.29) is 34.5 Å². The summed E-state index contributed by atoms with van der Waals surface area (Å²) in [5, 5.41) is 0. The first-order valence-electron chi connectivity index (χ1n) is 8.28. The fourth-order valence-corrected chi connectivity index (χ4v) is 3.53. The van der Waals surface area contributed by atoms with Gasteiger partial charge in [0.25, 0.3) is 0 Å². The molecule has 0 unspecified atom stereocenters. The van der Waals surface area contributed by atoms with E-state index in [4.69, 9.17) is 0 Å². The van der Waals surface area contributed by atoms with Gasteiger partial charge in [0.1, 0.15) is 10.1 Å². The van der Waals surface area contributed by atoms with Crippen LogP contribution < -0.4 is 29.6 Å². The van der Waals surface area contributed by atoms with Crippen LogP contribution in [0.3, 0.4) is 0 Å². The smallest absolute Gasteiger partial charge is 0.744 e. The molecule has 23 heavy (non-hydrogen) atoms. The maximum atomic E-state index is 11.5. The van der Waals surface area contributed by atoms with Crippen molar-refractivity contribution in [1.29, 1.82) is 0 Å². The zero-order valence-electron chi connectivity index (χ0n) is 15.3. The maximum Gasteiger partial charge on any atom is 1.00 e. The summed E-state index contributed by atoms with van der Waals surface area (Å²) < 4.78 is 34.6. The molecular formula is C18H29NaO3S. The maximum absolute atomic E-state index is 11.5. The molecule has 0 aliphatic heterocycles. The van der Waals surface area contributed by atoms with Gasteiger partial charge in [-0.15, -0.1) is 0 Å². The molecule has 0 N–H and O–H groups in total. The van der Waals surface area contributed by atoms with Crippen molar-refractivity contribution >= 4 is 10.1 Å². The summed E-state index contributed by atoms with van der Waals surface area (Å²) in [5.41, 5.74) is 1.78. The van der Waals surface area contributed by atoms with Crippen molar-refractivity contribution in [3.63, 3.8) is 0 Å². The van der Waals surface area contributed by atoms with Gasteiger partial charge in [0, 0.05) is 0 Å². The van der Waals surface area contributed by atoms with Crippen LogP contribution >= 0.6 is 0 Å². The Morgan fingerprint density at radius 2 is 1.48 bits per heavy atom. The largest absolute Gasteiger partial charge is 1.00 e. The molecule has 126 valence electrons. The van der Waals surface area contributed by atoms with Crippen LogP contribution in [0.5, 0.6) is 0 Å². The van der Waals surface area contributed by atoms with Gasteiger partial charge in [-0.2, -0.15) is 0 Å². The van der Waals surface area contributed by atoms with Gasteiger partial charge in [-0.3, -0.25) is 0 Å². The molecule has 1 aromatic rings. The molecular weight excluding hydrogens is 319 g/mol. The van der Waals surface area contributed by atoms with Crippen molar-refractivity contribution in [3.8, 4) is 0 Å². The van der Waals surface area contributed by atoms with Gasteiger partial charge in [-0.05, 0) is 54.7 Å². The van der Waals surface area contributed by atoms with E-state index >= 15 is 0 Å². The Balaban J connectivity index is 0.00000484. The minimum absolute atomic E-state index is 0. The molecule has 0 heterocycles. The van der Waals surface area contributed by atoms with Gasteiger partial charge < -0.3 is 4.55 Å². The quantitative estimate of drug-likeness (QED) is 0.503. The molecule has 0 radical (unpaired) electrons. The topological polar surface area (TPSA) is 57.2 Å². The second-order valence-electron chi connectivity index (χ2n) is 6.92. The number of hydrogen-bond donors (Lipinski definition) is 0. The third kappa shape index (κ3) is 8.69. The summed E-state index contributed by atoms with van der Waals surface area (Å²) in [6.07, 6.45) is 5.61. The second-order valence-corrected chi connectivity index (χ2v) is 8.27. The molecule has 5 heteroatoms. The van der Waals surface area contributed by atoms with Crippen LogP contribution in [0.25, 0.3) is 0 Å². The average Bonchev–Trinajstić information content (AvgIpc) is 2.38. The van der Waals surface area contributed by atoms with Crippen molar-refractivity contribution in [2.45, 2.75) is 71.1 Å². The predicted molar refractivity (Wildman–Crippen MR) is 90.0 cm³/mol. The normalized spacial score (nSPS) is 11.8. The predicted octanol–water partition coefficient (Wildman–Crippen LogP) is 1.55. The summed E-state index contributed by atoms with van der Waals surface area (Å²) in [4.78, 5) is -0.0155. The molecule has 1 aromatic carbocycles. The number of rotatable bonds is 9. The van der Waals surface area contributed by atoms with Crippen LogP contribution in [0, 0.1) is 11.8 Å². The standard InChI is InChI=1S/C18H30O3S.Na/c1-14(2)8-5-10-16-11-7-13-18(22(19,20)21)17(16)12-6-9-15(3)4;/h7,11,13-15H,5-6,8-10,12H2,1-4H3,(H,19,20,21);/q;+1/p-1. The van der Waals surface area contributed by atoms with E-state index in [0.717, 1.165) is 43.2 Å². The average molecular weight is 348 g/mol. The van der Waals surface area contributed by atoms with Crippen LogP contribution in [0.15, 0.2) is 23.1 Å². The van der Waals surface area contributed by atoms with Gasteiger partial charge in [-0.25, -0.2) is 8.42 Å². The molecule has 0 atom stereocenters.